The zero-order chi connectivity index (χ0) is 27.1. The van der Waals surface area contributed by atoms with E-state index >= 15 is 8.78 Å². The number of aryl methyl sites for hydroxylation is 1. The van der Waals surface area contributed by atoms with Crippen LogP contribution in [0.5, 0.6) is 0 Å². The third-order valence-corrected chi connectivity index (χ3v) is 7.90. The molecule has 0 bridgehead atoms. The van der Waals surface area contributed by atoms with E-state index < -0.39 is 35.9 Å². The molecule has 9 nitrogen and oxygen atoms in total. The zero-order valence-electron chi connectivity index (χ0n) is 20.9. The highest BCUT2D eigenvalue weighted by Gasteiger charge is 2.34. The van der Waals surface area contributed by atoms with E-state index in [4.69, 9.17) is 20.9 Å². The van der Waals surface area contributed by atoms with Crippen LogP contribution < -0.4 is 16.8 Å². The van der Waals surface area contributed by atoms with Crippen molar-refractivity contribution in [2.24, 2.45) is 18.7 Å². The van der Waals surface area contributed by atoms with E-state index in [1.54, 1.807) is 7.05 Å². The first-order chi connectivity index (χ1) is 18.2. The number of methoxy groups -OCH3 is 1. The molecule has 38 heavy (non-hydrogen) atoms. The molecule has 3 heterocycles. The van der Waals surface area contributed by atoms with Gasteiger partial charge in [0.05, 0.1) is 35.9 Å². The number of nitrogens with one attached hydrogen (secondary N) is 1. The lowest BCUT2D eigenvalue weighted by Crippen LogP contribution is -2.32. The molecule has 2 aromatic heterocycles. The number of nitrogens with zero attached hydrogens (tertiary/aromatic N) is 3. The van der Waals surface area contributed by atoms with Crippen molar-refractivity contribution in [2.45, 2.75) is 50.1 Å². The Morgan fingerprint density at radius 3 is 2.63 bits per heavy atom. The van der Waals surface area contributed by atoms with Gasteiger partial charge in [-0.25, -0.2) is 18.2 Å². The summed E-state index contributed by atoms with van der Waals surface area (Å²) in [6.45, 7) is -0.172. The van der Waals surface area contributed by atoms with Crippen molar-refractivity contribution in [3.63, 3.8) is 0 Å². The Balaban J connectivity index is 1.38. The van der Waals surface area contributed by atoms with Gasteiger partial charge in [0.2, 0.25) is 0 Å². The SMILES string of the molecule is COC(c1cc(F)c(-c2nc(C(=O)Nc3cnn(C)c3[C@@H]3CC[C@@H](N)[C@H](F)CO3)c(N)s2)c(F)c1)C1CC1. The van der Waals surface area contributed by atoms with E-state index in [0.29, 0.717) is 29.8 Å². The summed E-state index contributed by atoms with van der Waals surface area (Å²) in [5.41, 5.74) is 12.6. The summed E-state index contributed by atoms with van der Waals surface area (Å²) in [5, 5.41) is 6.83. The van der Waals surface area contributed by atoms with Crippen molar-refractivity contribution in [1.29, 1.82) is 0 Å². The number of nitrogens with two attached hydrogens (primary N) is 2. The van der Waals surface area contributed by atoms with Crippen molar-refractivity contribution in [3.05, 3.63) is 46.9 Å². The summed E-state index contributed by atoms with van der Waals surface area (Å²) < 4.78 is 56.9. The standard InChI is InChI=1S/C25H29F3N6O3S/c1-34-21(18-6-5-16(29)15(28)10-37-18)17(9-31-34)32-24(35)20-23(30)38-25(33-20)19-13(26)7-12(8-14(19)27)22(36-2)11-3-4-11/h7-9,11,15-16,18,22H,3-6,10,29-30H2,1-2H3,(H,32,35)/t15-,16-,18+,22?/m1/s1. The highest BCUT2D eigenvalue weighted by Crippen LogP contribution is 2.44. The first-order valence-electron chi connectivity index (χ1n) is 12.3. The predicted octanol–water partition coefficient (Wildman–Crippen LogP) is 4.27. The first kappa shape index (κ1) is 26.6. The summed E-state index contributed by atoms with van der Waals surface area (Å²) in [6.07, 6.45) is 1.95. The average molecular weight is 551 g/mol. The van der Waals surface area contributed by atoms with Crippen molar-refractivity contribution in [2.75, 3.05) is 24.8 Å². The second-order valence-electron chi connectivity index (χ2n) is 9.69. The number of rotatable bonds is 7. The molecule has 0 spiro atoms. The highest BCUT2D eigenvalue weighted by molar-refractivity contribution is 7.19. The maximum Gasteiger partial charge on any atom is 0.277 e. The fourth-order valence-electron chi connectivity index (χ4n) is 4.82. The van der Waals surface area contributed by atoms with E-state index in [1.807, 2.05) is 0 Å². The second kappa shape index (κ2) is 10.6. The molecule has 2 aliphatic rings. The van der Waals surface area contributed by atoms with Crippen LogP contribution in [-0.2, 0) is 16.5 Å². The van der Waals surface area contributed by atoms with Crippen LogP contribution in [0.3, 0.4) is 0 Å². The normalized spacial score (nSPS) is 22.7. The van der Waals surface area contributed by atoms with E-state index in [-0.39, 0.29) is 39.9 Å². The second-order valence-corrected chi connectivity index (χ2v) is 10.7. The number of anilines is 2. The lowest BCUT2D eigenvalue weighted by Gasteiger charge is -2.17. The van der Waals surface area contributed by atoms with Crippen molar-refractivity contribution in [3.8, 4) is 10.6 Å². The third kappa shape index (κ3) is 5.15. The van der Waals surface area contributed by atoms with Gasteiger partial charge >= 0.3 is 0 Å². The lowest BCUT2D eigenvalue weighted by atomic mass is 10.0. The Morgan fingerprint density at radius 1 is 1.26 bits per heavy atom. The molecule has 4 atom stereocenters. The topological polar surface area (TPSA) is 130 Å². The molecule has 1 saturated carbocycles. The molecule has 1 unspecified atom stereocenters. The Kier molecular flexibility index (Phi) is 7.45. The van der Waals surface area contributed by atoms with Gasteiger partial charge in [0.25, 0.3) is 5.91 Å². The first-order valence-corrected chi connectivity index (χ1v) is 13.1. The Morgan fingerprint density at radius 2 is 1.97 bits per heavy atom. The molecule has 2 fully saturated rings. The van der Waals surface area contributed by atoms with Gasteiger partial charge < -0.3 is 26.3 Å². The van der Waals surface area contributed by atoms with Gasteiger partial charge in [-0.3, -0.25) is 9.48 Å². The minimum atomic E-state index is -1.29. The largest absolute Gasteiger partial charge is 0.389 e. The summed E-state index contributed by atoms with van der Waals surface area (Å²) in [4.78, 5) is 17.3. The molecule has 1 aromatic carbocycles. The molecule has 1 saturated heterocycles. The van der Waals surface area contributed by atoms with Crippen LogP contribution in [0.2, 0.25) is 0 Å². The van der Waals surface area contributed by atoms with Crippen molar-refractivity contribution < 1.29 is 27.4 Å². The molecule has 5 N–H and O–H groups in total. The smallest absolute Gasteiger partial charge is 0.277 e. The number of carbonyl (C=O) groups excluding carboxylic acids is 1. The van der Waals surface area contributed by atoms with E-state index in [9.17, 15) is 9.18 Å². The number of carbonyl (C=O) groups is 1. The number of hydrogen-bond acceptors (Lipinski definition) is 8. The predicted molar refractivity (Wildman–Crippen MR) is 136 cm³/mol. The molecular weight excluding hydrogens is 521 g/mol. The van der Waals surface area contributed by atoms with Gasteiger partial charge in [-0.15, -0.1) is 0 Å². The number of halogens is 3. The number of alkyl halides is 1. The maximum absolute atomic E-state index is 15.1. The number of amides is 1. The van der Waals surface area contributed by atoms with Crippen LogP contribution in [0.25, 0.3) is 10.6 Å². The van der Waals surface area contributed by atoms with Gasteiger partial charge in [0, 0.05) is 20.2 Å². The molecule has 0 radical (unpaired) electrons. The molecule has 1 aliphatic heterocycles. The molecule has 204 valence electrons. The molecular formula is C25H29F3N6O3S. The van der Waals surface area contributed by atoms with E-state index in [1.165, 1.54) is 30.1 Å². The van der Waals surface area contributed by atoms with E-state index in [0.717, 1.165) is 24.2 Å². The van der Waals surface area contributed by atoms with Gasteiger partial charge in [0.1, 0.15) is 33.9 Å². The minimum absolute atomic E-state index is 0.00414. The number of aromatic nitrogens is 3. The number of benzene rings is 1. The van der Waals surface area contributed by atoms with Crippen LogP contribution in [0.1, 0.15) is 59.6 Å². The van der Waals surface area contributed by atoms with Gasteiger partial charge in [0.15, 0.2) is 5.69 Å². The summed E-state index contributed by atoms with van der Waals surface area (Å²) in [7, 11) is 3.19. The fraction of sp³-hybridized carbons (Fsp3) is 0.480. The van der Waals surface area contributed by atoms with Crippen LogP contribution in [0.4, 0.5) is 23.9 Å². The molecule has 1 aliphatic carbocycles. The number of ether oxygens (including phenoxy) is 2. The Bertz CT molecular complexity index is 1310. The number of thiazole rings is 1. The summed E-state index contributed by atoms with van der Waals surface area (Å²) in [5.74, 6) is -2.06. The summed E-state index contributed by atoms with van der Waals surface area (Å²) >= 11 is 0.808. The zero-order valence-corrected chi connectivity index (χ0v) is 21.7. The van der Waals surface area contributed by atoms with Gasteiger partial charge in [-0.05, 0) is 49.3 Å². The Hall–Kier alpha value is -3.00. The molecule has 3 aromatic rings. The highest BCUT2D eigenvalue weighted by atomic mass is 32.1. The average Bonchev–Trinajstić information content (AvgIpc) is 3.57. The number of hydrogen-bond donors (Lipinski definition) is 3. The van der Waals surface area contributed by atoms with Gasteiger partial charge in [-0.1, -0.05) is 11.3 Å². The van der Waals surface area contributed by atoms with Crippen LogP contribution in [-0.4, -0.2) is 46.6 Å². The molecule has 5 rings (SSSR count). The van der Waals surface area contributed by atoms with Crippen LogP contribution >= 0.6 is 11.3 Å². The van der Waals surface area contributed by atoms with Gasteiger partial charge in [-0.2, -0.15) is 5.10 Å². The Labute approximate surface area is 221 Å². The maximum atomic E-state index is 15.1. The van der Waals surface area contributed by atoms with E-state index in [2.05, 4.69) is 15.4 Å². The van der Waals surface area contributed by atoms with Crippen molar-refractivity contribution >= 4 is 27.9 Å². The monoisotopic (exact) mass is 550 g/mol. The fourth-order valence-corrected chi connectivity index (χ4v) is 5.70. The number of nitrogen functional groups attached to an aromatic ring is 1. The quantitative estimate of drug-likeness (QED) is 0.401. The third-order valence-electron chi connectivity index (χ3n) is 7.00. The van der Waals surface area contributed by atoms with Crippen LogP contribution in [0, 0.1) is 17.6 Å². The minimum Gasteiger partial charge on any atom is -0.389 e. The summed E-state index contributed by atoms with van der Waals surface area (Å²) in [6, 6.07) is 1.85. The molecule has 1 amide bonds. The van der Waals surface area contributed by atoms with Crippen molar-refractivity contribution in [1.82, 2.24) is 14.8 Å². The van der Waals surface area contributed by atoms with Crippen LogP contribution in [0.15, 0.2) is 18.3 Å². The molecule has 13 heteroatoms. The lowest BCUT2D eigenvalue weighted by molar-refractivity contribution is 0.0247.